The number of amides is 1. The van der Waals surface area contributed by atoms with Crippen LogP contribution in [0.5, 0.6) is 11.5 Å². The molecule has 3 N–H and O–H groups in total. The number of para-hydroxylation sites is 1. The molecule has 0 saturated heterocycles. The maximum absolute atomic E-state index is 12.8. The van der Waals surface area contributed by atoms with Crippen molar-refractivity contribution >= 4 is 43.0 Å². The fraction of sp³-hybridized carbons (Fsp3) is 0.0952. The Labute approximate surface area is 186 Å². The first kappa shape index (κ1) is 23.1. The summed E-state index contributed by atoms with van der Waals surface area (Å²) in [6, 6.07) is 18.5. The molecule has 0 bridgehead atoms. The maximum atomic E-state index is 12.8. The Morgan fingerprint density at radius 1 is 0.812 bits per heavy atom. The van der Waals surface area contributed by atoms with Gasteiger partial charge in [0, 0.05) is 18.7 Å². The van der Waals surface area contributed by atoms with E-state index in [2.05, 4.69) is 14.8 Å². The van der Waals surface area contributed by atoms with E-state index in [0.29, 0.717) is 11.4 Å². The summed E-state index contributed by atoms with van der Waals surface area (Å²) in [5, 5.41) is 2.56. The molecule has 0 aliphatic heterocycles. The Morgan fingerprint density at radius 3 is 2.03 bits per heavy atom. The molecule has 0 aromatic heterocycles. The minimum absolute atomic E-state index is 0.0181. The molecule has 9 nitrogen and oxygen atoms in total. The van der Waals surface area contributed by atoms with Gasteiger partial charge >= 0.3 is 0 Å². The van der Waals surface area contributed by atoms with Crippen molar-refractivity contribution in [3.63, 3.8) is 0 Å². The number of anilines is 3. The van der Waals surface area contributed by atoms with Gasteiger partial charge in [-0.1, -0.05) is 18.2 Å². The summed E-state index contributed by atoms with van der Waals surface area (Å²) in [7, 11) is -7.55. The van der Waals surface area contributed by atoms with E-state index in [1.807, 2.05) is 0 Å². The molecule has 3 aromatic rings. The van der Waals surface area contributed by atoms with Crippen molar-refractivity contribution in [1.82, 2.24) is 0 Å². The van der Waals surface area contributed by atoms with Crippen LogP contribution in [-0.4, -0.2) is 29.0 Å². The first-order valence-electron chi connectivity index (χ1n) is 9.27. The zero-order chi connectivity index (χ0) is 23.4. The Bertz CT molecular complexity index is 1320. The van der Waals surface area contributed by atoms with Gasteiger partial charge in [-0.3, -0.25) is 14.2 Å². The van der Waals surface area contributed by atoms with E-state index in [-0.39, 0.29) is 27.9 Å². The van der Waals surface area contributed by atoms with Crippen molar-refractivity contribution in [3.05, 3.63) is 72.8 Å². The second-order valence-electron chi connectivity index (χ2n) is 6.81. The molecule has 0 spiro atoms. The Balaban J connectivity index is 1.90. The third-order valence-electron chi connectivity index (χ3n) is 3.99. The van der Waals surface area contributed by atoms with Crippen molar-refractivity contribution in [1.29, 1.82) is 0 Å². The van der Waals surface area contributed by atoms with E-state index in [0.717, 1.165) is 6.26 Å². The van der Waals surface area contributed by atoms with Crippen LogP contribution in [0, 0.1) is 0 Å². The predicted octanol–water partition coefficient (Wildman–Crippen LogP) is 3.61. The molecule has 3 rings (SSSR count). The lowest BCUT2D eigenvalue weighted by Gasteiger charge is -2.15. The molecule has 168 valence electrons. The van der Waals surface area contributed by atoms with Crippen LogP contribution < -0.4 is 19.5 Å². The highest BCUT2D eigenvalue weighted by atomic mass is 32.2. The number of ether oxygens (including phenoxy) is 1. The Kier molecular flexibility index (Phi) is 6.70. The van der Waals surface area contributed by atoms with Crippen LogP contribution in [0.25, 0.3) is 0 Å². The molecule has 3 aromatic carbocycles. The summed E-state index contributed by atoms with van der Waals surface area (Å²) in [6.45, 7) is 1.35. The number of carbonyl (C=O) groups is 1. The number of benzene rings is 3. The molecule has 11 heteroatoms. The van der Waals surface area contributed by atoms with E-state index in [4.69, 9.17) is 4.74 Å². The standard InChI is InChI=1S/C21H21N3O6S2/c1-15(25)22-16-8-11-19(12-9-16)32(28,29)23-17-10-13-20(24-31(2,26)27)21(14-17)30-18-6-4-3-5-7-18/h3-14,23-24H,1-2H3,(H,22,25). The zero-order valence-electron chi connectivity index (χ0n) is 17.2. The third kappa shape index (κ3) is 6.46. The van der Waals surface area contributed by atoms with E-state index in [1.54, 1.807) is 30.3 Å². The van der Waals surface area contributed by atoms with Crippen molar-refractivity contribution in [2.75, 3.05) is 21.0 Å². The van der Waals surface area contributed by atoms with Crippen molar-refractivity contribution in [3.8, 4) is 11.5 Å². The van der Waals surface area contributed by atoms with Gasteiger partial charge in [0.1, 0.15) is 5.75 Å². The number of nitrogens with one attached hydrogen (secondary N) is 3. The second kappa shape index (κ2) is 9.28. The molecule has 32 heavy (non-hydrogen) atoms. The zero-order valence-corrected chi connectivity index (χ0v) is 18.8. The Morgan fingerprint density at radius 2 is 1.44 bits per heavy atom. The summed E-state index contributed by atoms with van der Waals surface area (Å²) in [6.07, 6.45) is 1.00. The number of rotatable bonds is 8. The molecule has 0 unspecified atom stereocenters. The highest BCUT2D eigenvalue weighted by Crippen LogP contribution is 2.33. The quantitative estimate of drug-likeness (QED) is 0.456. The van der Waals surface area contributed by atoms with Crippen molar-refractivity contribution in [2.24, 2.45) is 0 Å². The van der Waals surface area contributed by atoms with Crippen LogP contribution in [0.2, 0.25) is 0 Å². The predicted molar refractivity (Wildman–Crippen MR) is 123 cm³/mol. The van der Waals surface area contributed by atoms with Crippen LogP contribution in [-0.2, 0) is 24.8 Å². The van der Waals surface area contributed by atoms with Crippen molar-refractivity contribution < 1.29 is 26.4 Å². The molecule has 0 fully saturated rings. The first-order chi connectivity index (χ1) is 15.0. The summed E-state index contributed by atoms with van der Waals surface area (Å²) in [5.74, 6) is 0.285. The number of hydrogen-bond donors (Lipinski definition) is 3. The van der Waals surface area contributed by atoms with Crippen molar-refractivity contribution in [2.45, 2.75) is 11.8 Å². The van der Waals surface area contributed by atoms with Gasteiger partial charge in [0.2, 0.25) is 15.9 Å². The van der Waals surface area contributed by atoms with E-state index < -0.39 is 20.0 Å². The summed E-state index contributed by atoms with van der Waals surface area (Å²) < 4.78 is 59.5. The van der Waals surface area contributed by atoms with Crippen LogP contribution in [0.3, 0.4) is 0 Å². The fourth-order valence-corrected chi connectivity index (χ4v) is 4.32. The van der Waals surface area contributed by atoms with Gasteiger partial charge < -0.3 is 10.1 Å². The molecular weight excluding hydrogens is 454 g/mol. The largest absolute Gasteiger partial charge is 0.455 e. The lowest BCUT2D eigenvalue weighted by molar-refractivity contribution is -0.114. The minimum atomic E-state index is -3.95. The molecular formula is C21H21N3O6S2. The maximum Gasteiger partial charge on any atom is 0.261 e. The lowest BCUT2D eigenvalue weighted by Crippen LogP contribution is -2.14. The van der Waals surface area contributed by atoms with E-state index in [1.165, 1.54) is 49.4 Å². The molecule has 0 atom stereocenters. The highest BCUT2D eigenvalue weighted by molar-refractivity contribution is 7.92. The first-order valence-corrected chi connectivity index (χ1v) is 12.6. The topological polar surface area (TPSA) is 131 Å². The number of sulfonamides is 2. The van der Waals surface area contributed by atoms with Crippen LogP contribution in [0.15, 0.2) is 77.7 Å². The third-order valence-corrected chi connectivity index (χ3v) is 5.97. The lowest BCUT2D eigenvalue weighted by atomic mass is 10.2. The SMILES string of the molecule is CC(=O)Nc1ccc(S(=O)(=O)Nc2ccc(NS(C)(=O)=O)c(Oc3ccccc3)c2)cc1. The number of carbonyl (C=O) groups excluding carboxylic acids is 1. The van der Waals surface area contributed by atoms with Gasteiger partial charge in [-0.15, -0.1) is 0 Å². The monoisotopic (exact) mass is 475 g/mol. The molecule has 0 heterocycles. The average molecular weight is 476 g/mol. The van der Waals surface area contributed by atoms with Crippen LogP contribution in [0.1, 0.15) is 6.92 Å². The molecule has 0 saturated carbocycles. The Hall–Kier alpha value is -3.57. The van der Waals surface area contributed by atoms with Gasteiger partial charge in [-0.2, -0.15) is 0 Å². The van der Waals surface area contributed by atoms with Crippen LogP contribution in [0.4, 0.5) is 17.1 Å². The fourth-order valence-electron chi connectivity index (χ4n) is 2.70. The summed E-state index contributed by atoms with van der Waals surface area (Å²) in [5.41, 5.74) is 0.783. The molecule has 0 aliphatic carbocycles. The van der Waals surface area contributed by atoms with Gasteiger partial charge in [0.15, 0.2) is 5.75 Å². The normalized spacial score (nSPS) is 11.4. The summed E-state index contributed by atoms with van der Waals surface area (Å²) in [4.78, 5) is 11.1. The average Bonchev–Trinajstić information content (AvgIpc) is 2.69. The summed E-state index contributed by atoms with van der Waals surface area (Å²) >= 11 is 0. The van der Waals surface area contributed by atoms with Gasteiger partial charge in [0.05, 0.1) is 22.5 Å². The second-order valence-corrected chi connectivity index (χ2v) is 10.2. The van der Waals surface area contributed by atoms with E-state index in [9.17, 15) is 21.6 Å². The molecule has 1 amide bonds. The molecule has 0 aliphatic rings. The van der Waals surface area contributed by atoms with Crippen LogP contribution >= 0.6 is 0 Å². The van der Waals surface area contributed by atoms with Gasteiger partial charge in [-0.05, 0) is 48.5 Å². The van der Waals surface area contributed by atoms with E-state index >= 15 is 0 Å². The van der Waals surface area contributed by atoms with Gasteiger partial charge in [-0.25, -0.2) is 16.8 Å². The van der Waals surface area contributed by atoms with Gasteiger partial charge in [0.25, 0.3) is 10.0 Å². The molecule has 0 radical (unpaired) electrons. The minimum Gasteiger partial charge on any atom is -0.455 e. The highest BCUT2D eigenvalue weighted by Gasteiger charge is 2.17. The number of hydrogen-bond acceptors (Lipinski definition) is 6. The smallest absolute Gasteiger partial charge is 0.261 e.